The SMILES string of the molecule is CN(C)S(=O)(=O)NC(=O)c1cnn2ccc(N3CCC(F)C3)cc12. The maximum atomic E-state index is 13.4. The fourth-order valence-corrected chi connectivity index (χ4v) is 3.08. The molecular formula is C14H18FN5O3S. The number of anilines is 1. The highest BCUT2D eigenvalue weighted by molar-refractivity contribution is 7.87. The van der Waals surface area contributed by atoms with Crippen LogP contribution in [0.3, 0.4) is 0 Å². The van der Waals surface area contributed by atoms with Gasteiger partial charge in [-0.25, -0.2) is 13.6 Å². The van der Waals surface area contributed by atoms with Crippen molar-refractivity contribution in [1.29, 1.82) is 0 Å². The lowest BCUT2D eigenvalue weighted by Gasteiger charge is -2.17. The van der Waals surface area contributed by atoms with Crippen LogP contribution in [0, 0.1) is 0 Å². The predicted octanol–water partition coefficient (Wildman–Crippen LogP) is 0.419. The van der Waals surface area contributed by atoms with Gasteiger partial charge in [-0.3, -0.25) is 4.79 Å². The fraction of sp³-hybridized carbons (Fsp3) is 0.429. The summed E-state index contributed by atoms with van der Waals surface area (Å²) in [5, 5.41) is 4.05. The molecule has 24 heavy (non-hydrogen) atoms. The van der Waals surface area contributed by atoms with Gasteiger partial charge in [-0.2, -0.15) is 17.8 Å². The Morgan fingerprint density at radius 3 is 2.83 bits per heavy atom. The van der Waals surface area contributed by atoms with Crippen molar-refractivity contribution in [3.05, 3.63) is 30.1 Å². The number of hydrogen-bond acceptors (Lipinski definition) is 5. The number of aromatic nitrogens is 2. The van der Waals surface area contributed by atoms with Gasteiger partial charge in [0.25, 0.3) is 5.91 Å². The van der Waals surface area contributed by atoms with Gasteiger partial charge in [0.05, 0.1) is 17.3 Å². The molecule has 1 N–H and O–H groups in total. The Morgan fingerprint density at radius 1 is 1.46 bits per heavy atom. The molecule has 0 spiro atoms. The summed E-state index contributed by atoms with van der Waals surface area (Å²) in [5.41, 5.74) is 1.37. The van der Waals surface area contributed by atoms with Gasteiger partial charge < -0.3 is 4.90 Å². The summed E-state index contributed by atoms with van der Waals surface area (Å²) < 4.78 is 41.4. The van der Waals surface area contributed by atoms with E-state index in [1.807, 2.05) is 9.62 Å². The van der Waals surface area contributed by atoms with Crippen molar-refractivity contribution in [2.75, 3.05) is 32.1 Å². The van der Waals surface area contributed by atoms with Gasteiger partial charge in [-0.05, 0) is 18.6 Å². The smallest absolute Gasteiger partial charge is 0.303 e. The third-order valence-electron chi connectivity index (χ3n) is 3.95. The van der Waals surface area contributed by atoms with E-state index in [1.165, 1.54) is 24.8 Å². The quantitative estimate of drug-likeness (QED) is 0.859. The monoisotopic (exact) mass is 355 g/mol. The minimum Gasteiger partial charge on any atom is -0.368 e. The normalized spacial score (nSPS) is 18.5. The highest BCUT2D eigenvalue weighted by Gasteiger charge is 2.24. The zero-order valence-electron chi connectivity index (χ0n) is 13.3. The highest BCUT2D eigenvalue weighted by atomic mass is 32.2. The zero-order valence-corrected chi connectivity index (χ0v) is 14.1. The molecule has 1 amide bonds. The summed E-state index contributed by atoms with van der Waals surface area (Å²) in [6.07, 6.45) is 2.58. The molecule has 0 aliphatic carbocycles. The fourth-order valence-electron chi connectivity index (χ4n) is 2.56. The Bertz CT molecular complexity index is 880. The summed E-state index contributed by atoms with van der Waals surface area (Å²) >= 11 is 0. The molecular weight excluding hydrogens is 337 g/mol. The Kier molecular flexibility index (Phi) is 4.18. The Balaban J connectivity index is 1.93. The number of halogens is 1. The molecule has 1 saturated heterocycles. The number of fused-ring (bicyclic) bond motifs is 1. The molecule has 2 aromatic heterocycles. The molecule has 0 saturated carbocycles. The van der Waals surface area contributed by atoms with Crippen molar-refractivity contribution in [3.63, 3.8) is 0 Å². The maximum absolute atomic E-state index is 13.4. The molecule has 1 aliphatic heterocycles. The van der Waals surface area contributed by atoms with Crippen LogP contribution in [0.2, 0.25) is 0 Å². The molecule has 3 heterocycles. The highest BCUT2D eigenvalue weighted by Crippen LogP contribution is 2.24. The van der Waals surface area contributed by atoms with Crippen LogP contribution in [0.5, 0.6) is 0 Å². The third kappa shape index (κ3) is 3.06. The molecule has 2 aromatic rings. The number of rotatable bonds is 4. The number of hydrogen-bond donors (Lipinski definition) is 1. The van der Waals surface area contributed by atoms with Crippen molar-refractivity contribution >= 4 is 27.3 Å². The van der Waals surface area contributed by atoms with Crippen molar-refractivity contribution < 1.29 is 17.6 Å². The summed E-state index contributed by atoms with van der Waals surface area (Å²) in [7, 11) is -1.24. The van der Waals surface area contributed by atoms with Gasteiger partial charge in [0, 0.05) is 39.1 Å². The van der Waals surface area contributed by atoms with Crippen LogP contribution in [0.15, 0.2) is 24.5 Å². The first-order chi connectivity index (χ1) is 11.3. The first-order valence-electron chi connectivity index (χ1n) is 7.39. The van der Waals surface area contributed by atoms with Gasteiger partial charge in [0.15, 0.2) is 0 Å². The average Bonchev–Trinajstić information content (AvgIpc) is 3.11. The maximum Gasteiger partial charge on any atom is 0.303 e. The molecule has 0 radical (unpaired) electrons. The van der Waals surface area contributed by atoms with Gasteiger partial charge in [0.2, 0.25) is 0 Å². The van der Waals surface area contributed by atoms with Crippen molar-refractivity contribution in [3.8, 4) is 0 Å². The standard InChI is InChI=1S/C14H18FN5O3S/c1-18(2)24(22,23)17-14(21)12-8-16-20-6-4-11(7-13(12)20)19-5-3-10(15)9-19/h4,6-8,10H,3,5,9H2,1-2H3,(H,17,21). The minimum atomic E-state index is -3.89. The summed E-state index contributed by atoms with van der Waals surface area (Å²) in [5.74, 6) is -0.763. The largest absolute Gasteiger partial charge is 0.368 e. The number of amides is 1. The Morgan fingerprint density at radius 2 is 2.21 bits per heavy atom. The van der Waals surface area contributed by atoms with E-state index in [2.05, 4.69) is 5.10 Å². The van der Waals surface area contributed by atoms with Crippen LogP contribution in [0.25, 0.3) is 5.52 Å². The second-order valence-corrected chi connectivity index (χ2v) is 7.71. The Hall–Kier alpha value is -2.20. The van der Waals surface area contributed by atoms with Crippen molar-refractivity contribution in [2.24, 2.45) is 0 Å². The van der Waals surface area contributed by atoms with Gasteiger partial charge in [-0.15, -0.1) is 0 Å². The van der Waals surface area contributed by atoms with Crippen LogP contribution in [-0.4, -0.2) is 61.6 Å². The van der Waals surface area contributed by atoms with E-state index in [0.29, 0.717) is 25.0 Å². The predicted molar refractivity (Wildman–Crippen MR) is 87.0 cm³/mol. The van der Waals surface area contributed by atoms with E-state index >= 15 is 0 Å². The Labute approximate surface area is 139 Å². The number of alkyl halides is 1. The van der Waals surface area contributed by atoms with Crippen LogP contribution in [-0.2, 0) is 10.2 Å². The third-order valence-corrected chi connectivity index (χ3v) is 5.35. The molecule has 1 unspecified atom stereocenters. The molecule has 8 nitrogen and oxygen atoms in total. The molecule has 3 rings (SSSR count). The molecule has 1 aliphatic rings. The van der Waals surface area contributed by atoms with Gasteiger partial charge in [0.1, 0.15) is 6.17 Å². The summed E-state index contributed by atoms with van der Waals surface area (Å²) in [6.45, 7) is 0.906. The van der Waals surface area contributed by atoms with E-state index in [1.54, 1.807) is 18.3 Å². The van der Waals surface area contributed by atoms with Crippen LogP contribution in [0.1, 0.15) is 16.8 Å². The molecule has 0 aromatic carbocycles. The van der Waals surface area contributed by atoms with Gasteiger partial charge in [-0.1, -0.05) is 0 Å². The van der Waals surface area contributed by atoms with Crippen LogP contribution < -0.4 is 9.62 Å². The van der Waals surface area contributed by atoms with Gasteiger partial charge >= 0.3 is 10.2 Å². The second kappa shape index (κ2) is 6.02. The number of carbonyl (C=O) groups excluding carboxylic acids is 1. The first kappa shape index (κ1) is 16.7. The number of pyridine rings is 1. The topological polar surface area (TPSA) is 87.0 Å². The van der Waals surface area contributed by atoms with Crippen LogP contribution in [0.4, 0.5) is 10.1 Å². The lowest BCUT2D eigenvalue weighted by atomic mass is 10.2. The second-order valence-electron chi connectivity index (χ2n) is 5.82. The van der Waals surface area contributed by atoms with Crippen molar-refractivity contribution in [1.82, 2.24) is 18.6 Å². The molecule has 1 fully saturated rings. The van der Waals surface area contributed by atoms with E-state index < -0.39 is 22.3 Å². The minimum absolute atomic E-state index is 0.137. The number of carbonyl (C=O) groups is 1. The van der Waals surface area contributed by atoms with E-state index in [4.69, 9.17) is 0 Å². The summed E-state index contributed by atoms with van der Waals surface area (Å²) in [6, 6.07) is 3.50. The summed E-state index contributed by atoms with van der Waals surface area (Å²) in [4.78, 5) is 14.2. The lowest BCUT2D eigenvalue weighted by Crippen LogP contribution is -2.39. The average molecular weight is 355 g/mol. The van der Waals surface area contributed by atoms with E-state index in [-0.39, 0.29) is 5.56 Å². The molecule has 10 heteroatoms. The number of nitrogens with one attached hydrogen (secondary N) is 1. The van der Waals surface area contributed by atoms with E-state index in [0.717, 1.165) is 9.99 Å². The molecule has 0 bridgehead atoms. The lowest BCUT2D eigenvalue weighted by molar-refractivity contribution is 0.0981. The number of nitrogens with zero attached hydrogens (tertiary/aromatic N) is 4. The van der Waals surface area contributed by atoms with Crippen molar-refractivity contribution in [2.45, 2.75) is 12.6 Å². The van der Waals surface area contributed by atoms with E-state index in [9.17, 15) is 17.6 Å². The molecule has 130 valence electrons. The molecule has 1 atom stereocenters. The first-order valence-corrected chi connectivity index (χ1v) is 8.83. The van der Waals surface area contributed by atoms with Crippen LogP contribution >= 0.6 is 0 Å². The zero-order chi connectivity index (χ0) is 17.5.